The molecule has 0 spiro atoms. The van der Waals surface area contributed by atoms with E-state index in [0.29, 0.717) is 6.42 Å². The minimum Gasteiger partial charge on any atom is -0.352 e. The molecule has 3 heteroatoms. The van der Waals surface area contributed by atoms with Crippen LogP contribution < -0.4 is 5.32 Å². The van der Waals surface area contributed by atoms with Crippen molar-refractivity contribution in [1.29, 1.82) is 5.26 Å². The lowest BCUT2D eigenvalue weighted by atomic mass is 10.2. The van der Waals surface area contributed by atoms with Gasteiger partial charge in [-0.05, 0) is 19.8 Å². The number of rotatable bonds is 3. The van der Waals surface area contributed by atoms with E-state index in [4.69, 9.17) is 5.26 Å². The van der Waals surface area contributed by atoms with E-state index in [0.717, 1.165) is 12.8 Å². The van der Waals surface area contributed by atoms with Crippen LogP contribution in [0.2, 0.25) is 0 Å². The number of hydrogen-bond acceptors (Lipinski definition) is 2. The van der Waals surface area contributed by atoms with E-state index < -0.39 is 0 Å². The number of hydrogen-bond donors (Lipinski definition) is 1. The first-order chi connectivity index (χ1) is 5.24. The highest BCUT2D eigenvalue weighted by atomic mass is 16.2. The molecule has 1 rings (SSSR count). The third-order valence-electron chi connectivity index (χ3n) is 1.73. The van der Waals surface area contributed by atoms with Crippen LogP contribution in [-0.4, -0.2) is 11.9 Å². The van der Waals surface area contributed by atoms with Gasteiger partial charge in [0.2, 0.25) is 5.91 Å². The maximum Gasteiger partial charge on any atom is 0.223 e. The number of amides is 1. The summed E-state index contributed by atoms with van der Waals surface area (Å²) in [5.74, 6) is 0.365. The summed E-state index contributed by atoms with van der Waals surface area (Å²) < 4.78 is 0. The molecular weight excluding hydrogens is 140 g/mol. The molecule has 0 aromatic carbocycles. The Balaban J connectivity index is 2.18. The zero-order valence-electron chi connectivity index (χ0n) is 6.63. The van der Waals surface area contributed by atoms with E-state index in [1.54, 1.807) is 0 Å². The molecule has 1 N–H and O–H groups in total. The van der Waals surface area contributed by atoms with Gasteiger partial charge in [-0.2, -0.15) is 5.26 Å². The van der Waals surface area contributed by atoms with Gasteiger partial charge in [-0.3, -0.25) is 4.79 Å². The van der Waals surface area contributed by atoms with Gasteiger partial charge in [-0.25, -0.2) is 0 Å². The minimum atomic E-state index is 0.00750. The van der Waals surface area contributed by atoms with Gasteiger partial charge in [0.1, 0.15) is 0 Å². The molecule has 0 aromatic rings. The van der Waals surface area contributed by atoms with E-state index >= 15 is 0 Å². The summed E-state index contributed by atoms with van der Waals surface area (Å²) in [5, 5.41) is 11.1. The monoisotopic (exact) mass is 152 g/mol. The normalized spacial score (nSPS) is 18.5. The zero-order chi connectivity index (χ0) is 8.27. The standard InChI is InChI=1S/C8H12N2O/c1-6(4-5-9)10-8(11)7-2-3-7/h6-7H,2-4H2,1H3,(H,10,11). The average molecular weight is 152 g/mol. The Morgan fingerprint density at radius 2 is 2.45 bits per heavy atom. The fourth-order valence-electron chi connectivity index (χ4n) is 0.894. The Kier molecular flexibility index (Phi) is 2.48. The Labute approximate surface area is 66.4 Å². The lowest BCUT2D eigenvalue weighted by Gasteiger charge is -2.08. The smallest absolute Gasteiger partial charge is 0.223 e. The van der Waals surface area contributed by atoms with Crippen molar-refractivity contribution in [3.05, 3.63) is 0 Å². The van der Waals surface area contributed by atoms with E-state index in [1.165, 1.54) is 0 Å². The van der Waals surface area contributed by atoms with Crippen molar-refractivity contribution in [2.75, 3.05) is 0 Å². The van der Waals surface area contributed by atoms with Crippen LogP contribution in [0.3, 0.4) is 0 Å². The zero-order valence-corrected chi connectivity index (χ0v) is 6.63. The molecule has 0 heterocycles. The van der Waals surface area contributed by atoms with Crippen LogP contribution >= 0.6 is 0 Å². The molecule has 1 amide bonds. The summed E-state index contributed by atoms with van der Waals surface area (Å²) in [6.45, 7) is 1.85. The van der Waals surface area contributed by atoms with E-state index in [1.807, 2.05) is 13.0 Å². The maximum atomic E-state index is 11.1. The van der Waals surface area contributed by atoms with Crippen LogP contribution in [0.4, 0.5) is 0 Å². The highest BCUT2D eigenvalue weighted by Gasteiger charge is 2.29. The molecule has 0 aromatic heterocycles. The molecule has 1 aliphatic carbocycles. The molecule has 60 valence electrons. The number of nitriles is 1. The lowest BCUT2D eigenvalue weighted by Crippen LogP contribution is -2.33. The quantitative estimate of drug-likeness (QED) is 0.650. The van der Waals surface area contributed by atoms with Crippen LogP contribution in [0.25, 0.3) is 0 Å². The van der Waals surface area contributed by atoms with Crippen LogP contribution in [0, 0.1) is 17.2 Å². The fourth-order valence-corrected chi connectivity index (χ4v) is 0.894. The molecule has 0 bridgehead atoms. The van der Waals surface area contributed by atoms with Crippen molar-refractivity contribution >= 4 is 5.91 Å². The molecule has 11 heavy (non-hydrogen) atoms. The van der Waals surface area contributed by atoms with Crippen molar-refractivity contribution in [2.24, 2.45) is 5.92 Å². The topological polar surface area (TPSA) is 52.9 Å². The highest BCUT2D eigenvalue weighted by Crippen LogP contribution is 2.28. The second-order valence-electron chi connectivity index (χ2n) is 3.05. The largest absolute Gasteiger partial charge is 0.352 e. The molecule has 1 atom stereocenters. The van der Waals surface area contributed by atoms with Crippen molar-refractivity contribution in [2.45, 2.75) is 32.2 Å². The Morgan fingerprint density at radius 3 is 2.91 bits per heavy atom. The van der Waals surface area contributed by atoms with Crippen molar-refractivity contribution in [3.63, 3.8) is 0 Å². The molecule has 0 aliphatic heterocycles. The fraction of sp³-hybridized carbons (Fsp3) is 0.750. The third kappa shape index (κ3) is 2.58. The third-order valence-corrected chi connectivity index (χ3v) is 1.73. The molecule has 1 aliphatic rings. The van der Waals surface area contributed by atoms with Crippen LogP contribution in [0.15, 0.2) is 0 Å². The highest BCUT2D eigenvalue weighted by molar-refractivity contribution is 5.81. The van der Waals surface area contributed by atoms with Crippen molar-refractivity contribution in [3.8, 4) is 6.07 Å². The first-order valence-corrected chi connectivity index (χ1v) is 3.91. The lowest BCUT2D eigenvalue weighted by molar-refractivity contribution is -0.122. The summed E-state index contributed by atoms with van der Waals surface area (Å²) in [7, 11) is 0. The second-order valence-corrected chi connectivity index (χ2v) is 3.05. The molecule has 1 saturated carbocycles. The van der Waals surface area contributed by atoms with E-state index in [-0.39, 0.29) is 17.9 Å². The van der Waals surface area contributed by atoms with Crippen molar-refractivity contribution in [1.82, 2.24) is 5.32 Å². The average Bonchev–Trinajstić information content (AvgIpc) is 2.67. The van der Waals surface area contributed by atoms with Crippen molar-refractivity contribution < 1.29 is 4.79 Å². The first kappa shape index (κ1) is 8.06. The first-order valence-electron chi connectivity index (χ1n) is 3.91. The van der Waals surface area contributed by atoms with E-state index in [2.05, 4.69) is 5.32 Å². The molecule has 1 fully saturated rings. The Bertz CT molecular complexity index is 191. The molecule has 0 saturated heterocycles. The Hall–Kier alpha value is -1.04. The summed E-state index contributed by atoms with van der Waals surface area (Å²) in [6, 6.07) is 2.02. The molecule has 0 radical (unpaired) electrons. The summed E-state index contributed by atoms with van der Waals surface area (Å²) in [4.78, 5) is 11.1. The number of nitrogens with zero attached hydrogens (tertiary/aromatic N) is 1. The van der Waals surface area contributed by atoms with Crippen LogP contribution in [0.5, 0.6) is 0 Å². The van der Waals surface area contributed by atoms with Gasteiger partial charge < -0.3 is 5.32 Å². The number of nitrogens with one attached hydrogen (secondary N) is 1. The minimum absolute atomic E-state index is 0.00750. The number of carbonyl (C=O) groups excluding carboxylic acids is 1. The van der Waals surface area contributed by atoms with Gasteiger partial charge in [-0.15, -0.1) is 0 Å². The summed E-state index contributed by atoms with van der Waals surface area (Å²) >= 11 is 0. The van der Waals surface area contributed by atoms with Gasteiger partial charge in [0.25, 0.3) is 0 Å². The van der Waals surface area contributed by atoms with Gasteiger partial charge in [0, 0.05) is 12.0 Å². The predicted octanol–water partition coefficient (Wildman–Crippen LogP) is 0.815. The number of carbonyl (C=O) groups is 1. The van der Waals surface area contributed by atoms with Crippen LogP contribution in [-0.2, 0) is 4.79 Å². The molecular formula is C8H12N2O. The molecule has 1 unspecified atom stereocenters. The van der Waals surface area contributed by atoms with Gasteiger partial charge >= 0.3 is 0 Å². The van der Waals surface area contributed by atoms with Gasteiger partial charge in [0.05, 0.1) is 12.5 Å². The van der Waals surface area contributed by atoms with E-state index in [9.17, 15) is 4.79 Å². The molecule has 3 nitrogen and oxygen atoms in total. The predicted molar refractivity (Wildman–Crippen MR) is 40.6 cm³/mol. The van der Waals surface area contributed by atoms with Crippen LogP contribution in [0.1, 0.15) is 26.2 Å². The maximum absolute atomic E-state index is 11.1. The SMILES string of the molecule is CC(CC#N)NC(=O)C1CC1. The Morgan fingerprint density at radius 1 is 1.82 bits per heavy atom. The summed E-state index contributed by atoms with van der Waals surface area (Å²) in [5.41, 5.74) is 0. The van der Waals surface area contributed by atoms with Gasteiger partial charge in [0.15, 0.2) is 0 Å². The summed E-state index contributed by atoms with van der Waals surface area (Å²) in [6.07, 6.45) is 2.44. The second kappa shape index (κ2) is 3.38. The van der Waals surface area contributed by atoms with Gasteiger partial charge in [-0.1, -0.05) is 0 Å².